The van der Waals surface area contributed by atoms with Gasteiger partial charge in [-0.3, -0.25) is 0 Å². The number of hydrogen-bond donors (Lipinski definition) is 0. The fourth-order valence-corrected chi connectivity index (χ4v) is 8.54. The van der Waals surface area contributed by atoms with E-state index < -0.39 is 0 Å². The zero-order valence-corrected chi connectivity index (χ0v) is 24.2. The van der Waals surface area contributed by atoms with Crippen LogP contribution in [0.4, 0.5) is 0 Å². The molecule has 0 amide bonds. The lowest BCUT2D eigenvalue weighted by Crippen LogP contribution is -2.25. The Hall–Kier alpha value is -5.86. The van der Waals surface area contributed by atoms with Crippen LogP contribution in [0, 0.1) is 0 Å². The molecule has 11 rings (SSSR count). The van der Waals surface area contributed by atoms with Crippen molar-refractivity contribution in [2.75, 3.05) is 0 Å². The average molecular weight is 573 g/mol. The zero-order valence-electron chi connectivity index (χ0n) is 24.2. The Morgan fingerprint density at radius 3 is 1.64 bits per heavy atom. The Labute approximate surface area is 258 Å². The Balaban J connectivity index is 1.22. The molecule has 0 radical (unpaired) electrons. The molecule has 7 aromatic carbocycles. The van der Waals surface area contributed by atoms with Gasteiger partial charge in [-0.15, -0.1) is 0 Å². The fraction of sp³-hybridized carbons (Fsp3) is 0.0233. The standard InChI is InChI=1S/C43H24O2/c1-5-15-34-27(10-1)28-11-2-6-16-35(28)43(34)36-17-7-3-12-29(36)32-23-33-41(24-37(32)43)45-39-19-9-14-26(42(33)39)25-20-21-31-30-13-4-8-18-38(30)44-40(31)22-25/h1-24H. The summed E-state index contributed by atoms with van der Waals surface area (Å²) in [6.07, 6.45) is 0. The van der Waals surface area contributed by atoms with Gasteiger partial charge in [-0.1, -0.05) is 109 Å². The van der Waals surface area contributed by atoms with Gasteiger partial charge in [0.15, 0.2) is 0 Å². The minimum absolute atomic E-state index is 0.387. The number of benzene rings is 7. The maximum Gasteiger partial charge on any atom is 0.136 e. The Kier molecular flexibility index (Phi) is 4.29. The van der Waals surface area contributed by atoms with E-state index in [4.69, 9.17) is 8.83 Å². The summed E-state index contributed by atoms with van der Waals surface area (Å²) in [4.78, 5) is 0. The van der Waals surface area contributed by atoms with E-state index >= 15 is 0 Å². The highest BCUT2D eigenvalue weighted by Crippen LogP contribution is 2.63. The number of furan rings is 2. The zero-order chi connectivity index (χ0) is 29.3. The van der Waals surface area contributed by atoms with Gasteiger partial charge in [-0.25, -0.2) is 0 Å². The van der Waals surface area contributed by atoms with Crippen molar-refractivity contribution in [3.63, 3.8) is 0 Å². The summed E-state index contributed by atoms with van der Waals surface area (Å²) in [5.74, 6) is 0. The van der Waals surface area contributed by atoms with Gasteiger partial charge < -0.3 is 8.83 Å². The average Bonchev–Trinajstić information content (AvgIpc) is 3.81. The largest absolute Gasteiger partial charge is 0.456 e. The third-order valence-corrected chi connectivity index (χ3v) is 10.3. The second kappa shape index (κ2) is 8.19. The predicted octanol–water partition coefficient (Wildman–Crippen LogP) is 11.5. The van der Waals surface area contributed by atoms with E-state index in [1.807, 2.05) is 12.1 Å². The van der Waals surface area contributed by atoms with Crippen LogP contribution in [0.5, 0.6) is 0 Å². The smallest absolute Gasteiger partial charge is 0.136 e. The maximum atomic E-state index is 6.73. The molecule has 0 fully saturated rings. The second-order valence-electron chi connectivity index (χ2n) is 12.4. The topological polar surface area (TPSA) is 26.3 Å². The Morgan fingerprint density at radius 2 is 0.889 bits per heavy atom. The molecular formula is C43H24O2. The van der Waals surface area contributed by atoms with Crippen LogP contribution in [0.3, 0.4) is 0 Å². The van der Waals surface area contributed by atoms with Crippen LogP contribution in [-0.2, 0) is 5.41 Å². The molecule has 0 atom stereocenters. The summed E-state index contributed by atoms with van der Waals surface area (Å²) in [6.45, 7) is 0. The van der Waals surface area contributed by atoms with Gasteiger partial charge in [-0.05, 0) is 92.0 Å². The van der Waals surface area contributed by atoms with Crippen LogP contribution < -0.4 is 0 Å². The summed E-state index contributed by atoms with van der Waals surface area (Å²) >= 11 is 0. The van der Waals surface area contributed by atoms with Crippen molar-refractivity contribution >= 4 is 43.9 Å². The van der Waals surface area contributed by atoms with Crippen molar-refractivity contribution in [3.05, 3.63) is 168 Å². The summed E-state index contributed by atoms with van der Waals surface area (Å²) in [6, 6.07) is 52.7. The van der Waals surface area contributed by atoms with Crippen LogP contribution >= 0.6 is 0 Å². The summed E-state index contributed by atoms with van der Waals surface area (Å²) in [7, 11) is 0. The van der Waals surface area contributed by atoms with E-state index in [0.29, 0.717) is 0 Å². The molecule has 2 aliphatic rings. The maximum absolute atomic E-state index is 6.73. The summed E-state index contributed by atoms with van der Waals surface area (Å²) in [5, 5.41) is 4.55. The molecule has 2 nitrogen and oxygen atoms in total. The van der Waals surface area contributed by atoms with Crippen molar-refractivity contribution in [2.24, 2.45) is 0 Å². The molecule has 2 aliphatic carbocycles. The predicted molar refractivity (Wildman–Crippen MR) is 183 cm³/mol. The Morgan fingerprint density at radius 1 is 0.333 bits per heavy atom. The van der Waals surface area contributed by atoms with E-state index in [0.717, 1.165) is 55.0 Å². The lowest BCUT2D eigenvalue weighted by atomic mass is 9.70. The molecule has 2 heterocycles. The highest BCUT2D eigenvalue weighted by molar-refractivity contribution is 6.15. The third-order valence-electron chi connectivity index (χ3n) is 10.3. The minimum atomic E-state index is -0.387. The van der Waals surface area contributed by atoms with E-state index in [-0.39, 0.29) is 5.41 Å². The van der Waals surface area contributed by atoms with Gasteiger partial charge in [0.2, 0.25) is 0 Å². The SMILES string of the molecule is c1ccc2c(c1)-c1ccccc1C21c2ccccc2-c2cc3c(cc21)oc1cccc(-c2ccc4c(c2)oc2ccccc24)c13. The van der Waals surface area contributed by atoms with Crippen LogP contribution in [0.15, 0.2) is 154 Å². The molecule has 0 saturated carbocycles. The number of para-hydroxylation sites is 1. The summed E-state index contributed by atoms with van der Waals surface area (Å²) in [5.41, 5.74) is 16.0. The van der Waals surface area contributed by atoms with Crippen LogP contribution in [-0.4, -0.2) is 0 Å². The number of hydrogen-bond acceptors (Lipinski definition) is 2. The van der Waals surface area contributed by atoms with Gasteiger partial charge in [0.1, 0.15) is 22.3 Å². The molecule has 45 heavy (non-hydrogen) atoms. The third kappa shape index (κ3) is 2.81. The lowest BCUT2D eigenvalue weighted by molar-refractivity contribution is 0.666. The van der Waals surface area contributed by atoms with Crippen molar-refractivity contribution in [1.29, 1.82) is 0 Å². The Bertz CT molecular complexity index is 2670. The van der Waals surface area contributed by atoms with Crippen molar-refractivity contribution in [1.82, 2.24) is 0 Å². The molecule has 2 aromatic heterocycles. The first kappa shape index (κ1) is 23.6. The van der Waals surface area contributed by atoms with Crippen LogP contribution in [0.2, 0.25) is 0 Å². The van der Waals surface area contributed by atoms with Gasteiger partial charge in [0.05, 0.1) is 5.41 Å². The van der Waals surface area contributed by atoms with Crippen molar-refractivity contribution in [3.8, 4) is 33.4 Å². The van der Waals surface area contributed by atoms with E-state index in [1.54, 1.807) is 0 Å². The number of rotatable bonds is 1. The molecular weight excluding hydrogens is 548 g/mol. The summed E-state index contributed by atoms with van der Waals surface area (Å²) < 4.78 is 13.0. The second-order valence-corrected chi connectivity index (χ2v) is 12.4. The van der Waals surface area contributed by atoms with Gasteiger partial charge >= 0.3 is 0 Å². The molecule has 2 heteroatoms. The molecule has 0 saturated heterocycles. The molecule has 208 valence electrons. The monoisotopic (exact) mass is 572 g/mol. The van der Waals surface area contributed by atoms with Gasteiger partial charge in [0.25, 0.3) is 0 Å². The molecule has 1 spiro atoms. The van der Waals surface area contributed by atoms with Crippen LogP contribution in [0.25, 0.3) is 77.3 Å². The normalized spacial score (nSPS) is 14.0. The fourth-order valence-electron chi connectivity index (χ4n) is 8.54. The minimum Gasteiger partial charge on any atom is -0.456 e. The van der Waals surface area contributed by atoms with E-state index in [2.05, 4.69) is 133 Å². The highest BCUT2D eigenvalue weighted by Gasteiger charge is 2.51. The first-order valence-electron chi connectivity index (χ1n) is 15.5. The molecule has 9 aromatic rings. The first-order chi connectivity index (χ1) is 22.3. The quantitative estimate of drug-likeness (QED) is 0.196. The molecule has 0 aliphatic heterocycles. The van der Waals surface area contributed by atoms with Gasteiger partial charge in [0, 0.05) is 21.5 Å². The first-order valence-corrected chi connectivity index (χ1v) is 15.5. The lowest BCUT2D eigenvalue weighted by Gasteiger charge is -2.30. The van der Waals surface area contributed by atoms with Crippen LogP contribution in [0.1, 0.15) is 22.3 Å². The molecule has 0 N–H and O–H groups in total. The highest BCUT2D eigenvalue weighted by atomic mass is 16.3. The van der Waals surface area contributed by atoms with Crippen molar-refractivity contribution in [2.45, 2.75) is 5.41 Å². The number of fused-ring (bicyclic) bond motifs is 16. The van der Waals surface area contributed by atoms with Crippen molar-refractivity contribution < 1.29 is 8.83 Å². The van der Waals surface area contributed by atoms with E-state index in [1.165, 1.54) is 44.5 Å². The molecule has 0 bridgehead atoms. The molecule has 0 unspecified atom stereocenters. The van der Waals surface area contributed by atoms with E-state index in [9.17, 15) is 0 Å². The van der Waals surface area contributed by atoms with Gasteiger partial charge in [-0.2, -0.15) is 0 Å².